The van der Waals surface area contributed by atoms with Crippen molar-refractivity contribution in [3.63, 3.8) is 0 Å². The number of nitrogens with two attached hydrogens (primary N) is 1. The molecule has 1 aromatic heterocycles. The van der Waals surface area contributed by atoms with Crippen LogP contribution in [0.5, 0.6) is 0 Å². The third-order valence-corrected chi connectivity index (χ3v) is 4.33. The highest BCUT2D eigenvalue weighted by Gasteiger charge is 2.54. The van der Waals surface area contributed by atoms with E-state index in [0.717, 1.165) is 11.5 Å². The van der Waals surface area contributed by atoms with Gasteiger partial charge < -0.3 is 20.6 Å². The first-order valence-electron chi connectivity index (χ1n) is 6.44. The monoisotopic (exact) mass is 337 g/mol. The SMILES string of the molecule is C[C@@]1(F)[C@H](O)[C@@H](COP(=O)(O)O)C[C@H]1n1ccc(N)nc1=O. The van der Waals surface area contributed by atoms with Crippen molar-refractivity contribution < 1.29 is 28.4 Å². The number of nitrogen functional groups attached to an aromatic ring is 1. The van der Waals surface area contributed by atoms with Crippen molar-refractivity contribution in [3.05, 3.63) is 22.7 Å². The number of aliphatic hydroxyl groups excluding tert-OH is 1. The van der Waals surface area contributed by atoms with Gasteiger partial charge in [0.1, 0.15) is 5.82 Å². The van der Waals surface area contributed by atoms with Crippen molar-refractivity contribution in [2.45, 2.75) is 31.2 Å². The first-order chi connectivity index (χ1) is 10.0. The molecule has 1 aliphatic carbocycles. The Hall–Kier alpha value is -1.32. The van der Waals surface area contributed by atoms with Gasteiger partial charge in [0, 0.05) is 12.1 Å². The normalized spacial score (nSPS) is 32.3. The minimum absolute atomic E-state index is 0.0123. The maximum atomic E-state index is 14.8. The fourth-order valence-corrected chi connectivity index (χ4v) is 3.09. The number of aliphatic hydroxyl groups is 1. The first kappa shape index (κ1) is 17.0. The summed E-state index contributed by atoms with van der Waals surface area (Å²) >= 11 is 0. The zero-order chi connectivity index (χ0) is 16.7. The van der Waals surface area contributed by atoms with Crippen molar-refractivity contribution in [2.24, 2.45) is 5.92 Å². The number of rotatable bonds is 4. The zero-order valence-electron chi connectivity index (χ0n) is 11.7. The van der Waals surface area contributed by atoms with Crippen molar-refractivity contribution in [3.8, 4) is 0 Å². The number of halogens is 1. The van der Waals surface area contributed by atoms with Crippen LogP contribution in [-0.2, 0) is 9.09 Å². The third-order valence-electron chi connectivity index (χ3n) is 3.85. The lowest BCUT2D eigenvalue weighted by atomic mass is 9.98. The summed E-state index contributed by atoms with van der Waals surface area (Å²) in [6.45, 7) is 0.585. The molecule has 0 saturated heterocycles. The Balaban J connectivity index is 2.26. The van der Waals surface area contributed by atoms with Crippen molar-refractivity contribution in [1.29, 1.82) is 0 Å². The van der Waals surface area contributed by atoms with Crippen molar-refractivity contribution in [2.75, 3.05) is 12.3 Å². The Kier molecular flexibility index (Phi) is 4.42. The molecule has 22 heavy (non-hydrogen) atoms. The number of phosphoric acid groups is 1. The summed E-state index contributed by atoms with van der Waals surface area (Å²) in [6.07, 6.45) is -0.320. The van der Waals surface area contributed by atoms with Gasteiger partial charge >= 0.3 is 13.5 Å². The summed E-state index contributed by atoms with van der Waals surface area (Å²) in [4.78, 5) is 32.7. The molecule has 0 unspecified atom stereocenters. The number of phosphoric ester groups is 1. The molecule has 124 valence electrons. The van der Waals surface area contributed by atoms with Crippen LogP contribution in [0.1, 0.15) is 19.4 Å². The second kappa shape index (κ2) is 5.71. The molecule has 11 heteroatoms. The van der Waals surface area contributed by atoms with E-state index >= 15 is 0 Å². The minimum Gasteiger partial charge on any atom is -0.389 e. The molecule has 0 aliphatic heterocycles. The number of nitrogens with zero attached hydrogens (tertiary/aromatic N) is 2. The second-order valence-corrected chi connectivity index (χ2v) is 6.68. The van der Waals surface area contributed by atoms with E-state index in [1.54, 1.807) is 0 Å². The Morgan fingerprint density at radius 1 is 1.64 bits per heavy atom. The molecular formula is C11H17FN3O6P. The van der Waals surface area contributed by atoms with Crippen molar-refractivity contribution >= 4 is 13.6 Å². The van der Waals surface area contributed by atoms with Gasteiger partial charge in [-0.15, -0.1) is 0 Å². The molecule has 5 N–H and O–H groups in total. The highest BCUT2D eigenvalue weighted by molar-refractivity contribution is 7.46. The van der Waals surface area contributed by atoms with Crippen LogP contribution in [0.15, 0.2) is 17.1 Å². The number of anilines is 1. The fourth-order valence-electron chi connectivity index (χ4n) is 2.70. The van der Waals surface area contributed by atoms with E-state index < -0.39 is 43.9 Å². The Morgan fingerprint density at radius 3 is 2.82 bits per heavy atom. The van der Waals surface area contributed by atoms with Gasteiger partial charge in [-0.3, -0.25) is 9.09 Å². The summed E-state index contributed by atoms with van der Waals surface area (Å²) in [7, 11) is -4.73. The van der Waals surface area contributed by atoms with E-state index in [2.05, 4.69) is 9.51 Å². The van der Waals surface area contributed by atoms with Gasteiger partial charge in [-0.2, -0.15) is 4.98 Å². The molecule has 1 fully saturated rings. The van der Waals surface area contributed by atoms with Crippen LogP contribution in [-0.4, -0.2) is 42.8 Å². The minimum atomic E-state index is -4.73. The van der Waals surface area contributed by atoms with Crippen LogP contribution in [0.25, 0.3) is 0 Å². The van der Waals surface area contributed by atoms with Gasteiger partial charge in [-0.05, 0) is 19.4 Å². The maximum absolute atomic E-state index is 14.8. The van der Waals surface area contributed by atoms with Gasteiger partial charge in [0.2, 0.25) is 0 Å². The van der Waals surface area contributed by atoms with E-state index in [1.807, 2.05) is 0 Å². The van der Waals surface area contributed by atoms with Crippen LogP contribution in [0.2, 0.25) is 0 Å². The molecule has 9 nitrogen and oxygen atoms in total. The lowest BCUT2D eigenvalue weighted by molar-refractivity contribution is -0.0205. The van der Waals surface area contributed by atoms with Crippen LogP contribution >= 0.6 is 7.82 Å². The van der Waals surface area contributed by atoms with Crippen LogP contribution in [0.3, 0.4) is 0 Å². The predicted octanol–water partition coefficient (Wildman–Crippen LogP) is -0.415. The van der Waals surface area contributed by atoms with Crippen LogP contribution < -0.4 is 11.4 Å². The fraction of sp³-hybridized carbons (Fsp3) is 0.636. The molecule has 1 aromatic rings. The number of hydrogen-bond donors (Lipinski definition) is 4. The Morgan fingerprint density at radius 2 is 2.27 bits per heavy atom. The molecule has 1 aliphatic rings. The second-order valence-electron chi connectivity index (χ2n) is 5.44. The lowest BCUT2D eigenvalue weighted by Gasteiger charge is -2.27. The topological polar surface area (TPSA) is 148 Å². The summed E-state index contributed by atoms with van der Waals surface area (Å²) in [5.41, 5.74) is 2.41. The third kappa shape index (κ3) is 3.36. The first-order valence-corrected chi connectivity index (χ1v) is 7.97. The van der Waals surface area contributed by atoms with Crippen LogP contribution in [0.4, 0.5) is 10.2 Å². The van der Waals surface area contributed by atoms with E-state index in [-0.39, 0.29) is 12.2 Å². The molecular weight excluding hydrogens is 320 g/mol. The number of hydrogen-bond acceptors (Lipinski definition) is 6. The Labute approximate surface area is 124 Å². The number of aromatic nitrogens is 2. The van der Waals surface area contributed by atoms with E-state index in [4.69, 9.17) is 15.5 Å². The lowest BCUT2D eigenvalue weighted by Crippen LogP contribution is -2.42. The highest BCUT2D eigenvalue weighted by atomic mass is 31.2. The van der Waals surface area contributed by atoms with Gasteiger partial charge in [0.05, 0.1) is 18.8 Å². The summed E-state index contributed by atoms with van der Waals surface area (Å²) in [5.74, 6) is -0.890. The van der Waals surface area contributed by atoms with Crippen molar-refractivity contribution in [1.82, 2.24) is 9.55 Å². The van der Waals surface area contributed by atoms with E-state index in [0.29, 0.717) is 0 Å². The molecule has 2 rings (SSSR count). The van der Waals surface area contributed by atoms with Gasteiger partial charge in [-0.1, -0.05) is 0 Å². The quantitative estimate of drug-likeness (QED) is 0.542. The average Bonchev–Trinajstić information content (AvgIpc) is 2.59. The maximum Gasteiger partial charge on any atom is 0.469 e. The average molecular weight is 337 g/mol. The molecule has 0 aromatic carbocycles. The summed E-state index contributed by atoms with van der Waals surface area (Å²) < 4.78 is 30.8. The predicted molar refractivity (Wildman–Crippen MR) is 73.6 cm³/mol. The molecule has 0 radical (unpaired) electrons. The molecule has 0 amide bonds. The summed E-state index contributed by atoms with van der Waals surface area (Å²) in [5, 5.41) is 10.0. The smallest absolute Gasteiger partial charge is 0.389 e. The molecule has 1 heterocycles. The van der Waals surface area contributed by atoms with Crippen LogP contribution in [0, 0.1) is 5.92 Å². The molecule has 4 atom stereocenters. The largest absolute Gasteiger partial charge is 0.469 e. The summed E-state index contributed by atoms with van der Waals surface area (Å²) in [6, 6.07) is 0.275. The van der Waals surface area contributed by atoms with Gasteiger partial charge in [0.25, 0.3) is 0 Å². The van der Waals surface area contributed by atoms with Gasteiger partial charge in [-0.25, -0.2) is 13.8 Å². The molecule has 1 saturated carbocycles. The Bertz CT molecular complexity index is 659. The standard InChI is InChI=1S/C11H17FN3O6P/c1-11(12)7(15-3-2-8(13)14-10(15)17)4-6(9(11)16)5-21-22(18,19)20/h2-3,6-7,9,16H,4-5H2,1H3,(H2,13,14,17)(H2,18,19,20)/t6-,7-,9-,11+/m1/s1. The molecule has 0 bridgehead atoms. The highest BCUT2D eigenvalue weighted by Crippen LogP contribution is 2.47. The molecule has 0 spiro atoms. The van der Waals surface area contributed by atoms with Gasteiger partial charge in [0.15, 0.2) is 5.67 Å². The van der Waals surface area contributed by atoms with E-state index in [1.165, 1.54) is 12.3 Å². The number of alkyl halides is 1. The zero-order valence-corrected chi connectivity index (χ0v) is 12.6. The van der Waals surface area contributed by atoms with E-state index in [9.17, 15) is 18.9 Å².